The molecule has 0 unspecified atom stereocenters. The third-order valence-electron chi connectivity index (χ3n) is 1.77. The normalized spacial score (nSPS) is 9.20. The molecule has 0 saturated heterocycles. The van der Waals surface area contributed by atoms with Gasteiger partial charge in [0.2, 0.25) is 0 Å². The van der Waals surface area contributed by atoms with Gasteiger partial charge in [-0.1, -0.05) is 13.8 Å². The van der Waals surface area contributed by atoms with Gasteiger partial charge in [0.15, 0.2) is 0 Å². The molecule has 2 aromatic rings. The Morgan fingerprint density at radius 1 is 0.933 bits per heavy atom. The summed E-state index contributed by atoms with van der Waals surface area (Å²) in [5.74, 6) is 1.60. The molecule has 2 aromatic heterocycles. The van der Waals surface area contributed by atoms with Gasteiger partial charge in [0.05, 0.1) is 6.67 Å². The number of aryl methyl sites for hydroxylation is 2. The minimum absolute atomic E-state index is 0. The summed E-state index contributed by atoms with van der Waals surface area (Å²) in [4.78, 5) is 7.76. The summed E-state index contributed by atoms with van der Waals surface area (Å²) in [5.41, 5.74) is 0. The van der Waals surface area contributed by atoms with Gasteiger partial charge in [-0.05, 0) is 24.3 Å². The monoisotopic (exact) mass is 354 g/mol. The standard InChI is InChI=1S/C7H8N6.2Y/c1-6-8-3-10-12(6)5-13-7(2)9-4-11-13;;/h5H2,1-2H3;;/q-2;;. The molecule has 0 bridgehead atoms. The van der Waals surface area contributed by atoms with Gasteiger partial charge in [-0.3, -0.25) is 10.2 Å². The number of nitrogens with zero attached hydrogens (tertiary/aromatic N) is 6. The molecule has 0 aliphatic rings. The van der Waals surface area contributed by atoms with Crippen molar-refractivity contribution in [3.05, 3.63) is 24.3 Å². The van der Waals surface area contributed by atoms with E-state index in [0.717, 1.165) is 11.6 Å². The van der Waals surface area contributed by atoms with Gasteiger partial charge in [-0.15, -0.1) is 0 Å². The summed E-state index contributed by atoms with van der Waals surface area (Å²) in [7, 11) is 0. The molecular weight excluding hydrogens is 346 g/mol. The number of hydrogen-bond donors (Lipinski definition) is 0. The Bertz CT molecular complexity index is 371. The van der Waals surface area contributed by atoms with Crippen LogP contribution in [-0.4, -0.2) is 29.5 Å². The van der Waals surface area contributed by atoms with Crippen molar-refractivity contribution in [3.8, 4) is 0 Å². The average Bonchev–Trinajstić information content (AvgIpc) is 2.65. The van der Waals surface area contributed by atoms with Gasteiger partial charge in [0, 0.05) is 65.4 Å². The predicted octanol–water partition coefficient (Wildman–Crippen LogP) is -0.412. The molecule has 2 heterocycles. The van der Waals surface area contributed by atoms with Crippen LogP contribution in [0.5, 0.6) is 0 Å². The largest absolute Gasteiger partial charge is 0.418 e. The minimum Gasteiger partial charge on any atom is -0.418 e. The molecule has 15 heavy (non-hydrogen) atoms. The minimum atomic E-state index is 0. The molecule has 8 heteroatoms. The molecule has 0 amide bonds. The van der Waals surface area contributed by atoms with Crippen LogP contribution in [0, 0.1) is 26.5 Å². The van der Waals surface area contributed by atoms with E-state index < -0.39 is 0 Å². The zero-order valence-corrected chi connectivity index (χ0v) is 14.2. The van der Waals surface area contributed by atoms with Gasteiger partial charge < -0.3 is 19.3 Å². The molecule has 0 spiro atoms. The molecular formula is C7H8N6Y2-2. The van der Waals surface area contributed by atoms with Crippen LogP contribution in [0.3, 0.4) is 0 Å². The second-order valence-electron chi connectivity index (χ2n) is 2.66. The molecule has 0 aromatic carbocycles. The summed E-state index contributed by atoms with van der Waals surface area (Å²) in [6.45, 7) is 4.23. The molecule has 0 aliphatic heterocycles. The van der Waals surface area contributed by atoms with E-state index >= 15 is 0 Å². The fourth-order valence-corrected chi connectivity index (χ4v) is 0.952. The molecule has 2 radical (unpaired) electrons. The fourth-order valence-electron chi connectivity index (χ4n) is 0.952. The maximum absolute atomic E-state index is 3.91. The van der Waals surface area contributed by atoms with Gasteiger partial charge in [-0.2, -0.15) is 0 Å². The van der Waals surface area contributed by atoms with Gasteiger partial charge in [0.1, 0.15) is 0 Å². The summed E-state index contributed by atoms with van der Waals surface area (Å²) in [5, 5.41) is 7.82. The number of aromatic nitrogens is 6. The summed E-state index contributed by atoms with van der Waals surface area (Å²) in [6.07, 6.45) is 5.04. The van der Waals surface area contributed by atoms with Crippen molar-refractivity contribution in [1.29, 1.82) is 0 Å². The number of rotatable bonds is 2. The molecule has 0 saturated carbocycles. The molecule has 6 nitrogen and oxygen atoms in total. The Morgan fingerprint density at radius 2 is 1.33 bits per heavy atom. The van der Waals surface area contributed by atoms with Crippen molar-refractivity contribution >= 4 is 0 Å². The van der Waals surface area contributed by atoms with E-state index in [0.29, 0.717) is 6.67 Å². The van der Waals surface area contributed by atoms with Crippen LogP contribution in [0.25, 0.3) is 0 Å². The van der Waals surface area contributed by atoms with Crippen molar-refractivity contribution < 1.29 is 65.4 Å². The summed E-state index contributed by atoms with van der Waals surface area (Å²) < 4.78 is 3.38. The SMILES string of the molecule is Cc1n[c-]nn1Cn1n[c-]nc1C.[Y].[Y]. The first-order chi connectivity index (χ1) is 6.27. The average molecular weight is 354 g/mol. The van der Waals surface area contributed by atoms with E-state index in [2.05, 4.69) is 32.8 Å². The second kappa shape index (κ2) is 6.94. The van der Waals surface area contributed by atoms with Crippen molar-refractivity contribution in [2.45, 2.75) is 20.5 Å². The molecule has 0 N–H and O–H groups in total. The van der Waals surface area contributed by atoms with Crippen molar-refractivity contribution in [3.63, 3.8) is 0 Å². The van der Waals surface area contributed by atoms with Crippen molar-refractivity contribution in [1.82, 2.24) is 29.5 Å². The van der Waals surface area contributed by atoms with Crippen LogP contribution in [0.15, 0.2) is 0 Å². The van der Waals surface area contributed by atoms with E-state index in [1.807, 2.05) is 13.8 Å². The Labute approximate surface area is 138 Å². The Balaban J connectivity index is 0.000000980. The number of hydrogen-bond acceptors (Lipinski definition) is 4. The maximum atomic E-state index is 3.91. The molecule has 0 fully saturated rings. The van der Waals surface area contributed by atoms with Crippen LogP contribution < -0.4 is 0 Å². The van der Waals surface area contributed by atoms with Crippen molar-refractivity contribution in [2.75, 3.05) is 0 Å². The predicted molar refractivity (Wildman–Crippen MR) is 42.6 cm³/mol. The Morgan fingerprint density at radius 3 is 1.60 bits per heavy atom. The molecule has 2 rings (SSSR count). The van der Waals surface area contributed by atoms with Gasteiger partial charge in [-0.25, -0.2) is 0 Å². The van der Waals surface area contributed by atoms with E-state index in [1.165, 1.54) is 0 Å². The van der Waals surface area contributed by atoms with Gasteiger partial charge in [0.25, 0.3) is 0 Å². The quantitative estimate of drug-likeness (QED) is 0.688. The summed E-state index contributed by atoms with van der Waals surface area (Å²) >= 11 is 0. The molecule has 74 valence electrons. The van der Waals surface area contributed by atoms with Gasteiger partial charge >= 0.3 is 0 Å². The van der Waals surface area contributed by atoms with E-state index in [-0.39, 0.29) is 65.4 Å². The zero-order chi connectivity index (χ0) is 9.26. The summed E-state index contributed by atoms with van der Waals surface area (Å²) in [6, 6.07) is 0. The van der Waals surface area contributed by atoms with Crippen LogP contribution in [0.2, 0.25) is 0 Å². The maximum Gasteiger partial charge on any atom is 0.0980 e. The zero-order valence-electron chi connectivity index (χ0n) is 8.55. The second-order valence-corrected chi connectivity index (χ2v) is 2.66. The van der Waals surface area contributed by atoms with E-state index in [4.69, 9.17) is 0 Å². The first kappa shape index (κ1) is 15.5. The van der Waals surface area contributed by atoms with Crippen LogP contribution in [0.1, 0.15) is 11.6 Å². The molecule has 0 atom stereocenters. The fraction of sp³-hybridized carbons (Fsp3) is 0.429. The smallest absolute Gasteiger partial charge is 0.0980 e. The third-order valence-corrected chi connectivity index (χ3v) is 1.77. The Kier molecular flexibility index (Phi) is 7.17. The third kappa shape index (κ3) is 3.77. The van der Waals surface area contributed by atoms with Crippen LogP contribution in [-0.2, 0) is 72.1 Å². The van der Waals surface area contributed by atoms with Crippen molar-refractivity contribution in [2.24, 2.45) is 0 Å². The Hall–Kier alpha value is 0.488. The first-order valence-electron chi connectivity index (χ1n) is 3.82. The van der Waals surface area contributed by atoms with E-state index in [9.17, 15) is 0 Å². The molecule has 0 aliphatic carbocycles. The van der Waals surface area contributed by atoms with E-state index in [1.54, 1.807) is 9.36 Å². The topological polar surface area (TPSA) is 61.4 Å². The first-order valence-corrected chi connectivity index (χ1v) is 3.82. The van der Waals surface area contributed by atoms with Crippen LogP contribution in [0.4, 0.5) is 0 Å². The van der Waals surface area contributed by atoms with Crippen LogP contribution >= 0.6 is 0 Å².